The lowest BCUT2D eigenvalue weighted by Gasteiger charge is -2.29. The Labute approximate surface area is 220 Å². The zero-order valence-corrected chi connectivity index (χ0v) is 22.5. The zero-order valence-electron chi connectivity index (χ0n) is 21.6. The maximum absolute atomic E-state index is 13.5. The first-order valence-electron chi connectivity index (χ1n) is 12.7. The van der Waals surface area contributed by atoms with Crippen molar-refractivity contribution in [3.8, 4) is 5.75 Å². The standard InChI is InChI=1S/C27H38N2O7S/c1-22(2)20-26(27(30)29-12-14-33-16-18-35-19-17-34-15-13-29)28-37(31,32)25-10-8-24(9-11-25)36-21-23-6-4-3-5-7-23/h3-11,22,26,28H,12-21H2,1-2H3/t26-/m0/s1. The Morgan fingerprint density at radius 1 is 0.892 bits per heavy atom. The molecule has 1 amide bonds. The fourth-order valence-electron chi connectivity index (χ4n) is 3.83. The number of carbonyl (C=O) groups is 1. The monoisotopic (exact) mass is 534 g/mol. The molecule has 0 spiro atoms. The second-order valence-corrected chi connectivity index (χ2v) is 10.9. The molecule has 0 bridgehead atoms. The van der Waals surface area contributed by atoms with Crippen molar-refractivity contribution in [1.29, 1.82) is 0 Å². The minimum atomic E-state index is -3.94. The number of amides is 1. The van der Waals surface area contributed by atoms with Crippen molar-refractivity contribution < 1.29 is 32.2 Å². The average molecular weight is 535 g/mol. The smallest absolute Gasteiger partial charge is 0.241 e. The van der Waals surface area contributed by atoms with Crippen molar-refractivity contribution in [2.75, 3.05) is 52.7 Å². The number of hydrogen-bond donors (Lipinski definition) is 1. The van der Waals surface area contributed by atoms with Gasteiger partial charge in [-0.2, -0.15) is 4.72 Å². The van der Waals surface area contributed by atoms with E-state index in [1.54, 1.807) is 17.0 Å². The molecule has 1 aliphatic rings. The van der Waals surface area contributed by atoms with Crippen LogP contribution in [-0.2, 0) is 35.6 Å². The summed E-state index contributed by atoms with van der Waals surface area (Å²) < 4.78 is 51.4. The summed E-state index contributed by atoms with van der Waals surface area (Å²) in [4.78, 5) is 15.2. The average Bonchev–Trinajstić information content (AvgIpc) is 2.87. The molecule has 1 saturated heterocycles. The Kier molecular flexibility index (Phi) is 11.8. The number of rotatable bonds is 9. The molecule has 1 heterocycles. The van der Waals surface area contributed by atoms with Crippen LogP contribution in [0.25, 0.3) is 0 Å². The predicted molar refractivity (Wildman–Crippen MR) is 140 cm³/mol. The highest BCUT2D eigenvalue weighted by atomic mass is 32.2. The Morgan fingerprint density at radius 2 is 1.46 bits per heavy atom. The quantitative estimate of drug-likeness (QED) is 0.528. The summed E-state index contributed by atoms with van der Waals surface area (Å²) in [6.07, 6.45) is 0.363. The molecule has 1 fully saturated rings. The first-order valence-corrected chi connectivity index (χ1v) is 14.1. The SMILES string of the molecule is CC(C)C[C@H](NS(=O)(=O)c1ccc(OCc2ccccc2)cc1)C(=O)N1CCOCCOCCOCC1. The molecule has 3 rings (SSSR count). The maximum Gasteiger partial charge on any atom is 0.241 e. The molecule has 37 heavy (non-hydrogen) atoms. The van der Waals surface area contributed by atoms with E-state index >= 15 is 0 Å². The van der Waals surface area contributed by atoms with Crippen LogP contribution in [0.15, 0.2) is 59.5 Å². The molecular weight excluding hydrogens is 496 g/mol. The van der Waals surface area contributed by atoms with E-state index in [-0.39, 0.29) is 16.7 Å². The van der Waals surface area contributed by atoms with E-state index in [1.807, 2.05) is 44.2 Å². The van der Waals surface area contributed by atoms with Crippen LogP contribution in [0.1, 0.15) is 25.8 Å². The number of nitrogens with zero attached hydrogens (tertiary/aromatic N) is 1. The molecule has 1 atom stereocenters. The molecule has 2 aromatic rings. The lowest BCUT2D eigenvalue weighted by molar-refractivity contribution is -0.135. The molecule has 204 valence electrons. The van der Waals surface area contributed by atoms with Gasteiger partial charge >= 0.3 is 0 Å². The summed E-state index contributed by atoms with van der Waals surface area (Å²) in [5.74, 6) is 0.366. The highest BCUT2D eigenvalue weighted by molar-refractivity contribution is 7.89. The van der Waals surface area contributed by atoms with Crippen molar-refractivity contribution in [2.45, 2.75) is 37.8 Å². The van der Waals surface area contributed by atoms with Gasteiger partial charge in [-0.1, -0.05) is 44.2 Å². The second-order valence-electron chi connectivity index (χ2n) is 9.21. The number of sulfonamides is 1. The molecule has 0 aliphatic carbocycles. The Bertz CT molecular complexity index is 1030. The second kappa shape index (κ2) is 15.0. The normalized spacial score (nSPS) is 17.0. The summed E-state index contributed by atoms with van der Waals surface area (Å²) >= 11 is 0. The first kappa shape index (κ1) is 29.1. The van der Waals surface area contributed by atoms with Crippen molar-refractivity contribution >= 4 is 15.9 Å². The van der Waals surface area contributed by atoms with Gasteiger partial charge in [0.05, 0.1) is 44.5 Å². The van der Waals surface area contributed by atoms with E-state index in [1.165, 1.54) is 12.1 Å². The van der Waals surface area contributed by atoms with Crippen LogP contribution in [0.4, 0.5) is 0 Å². The summed E-state index contributed by atoms with van der Waals surface area (Å²) in [6, 6.07) is 15.0. The fourth-order valence-corrected chi connectivity index (χ4v) is 5.03. The fraction of sp³-hybridized carbons (Fsp3) is 0.519. The number of benzene rings is 2. The predicted octanol–water partition coefficient (Wildman–Crippen LogP) is 2.85. The molecule has 1 N–H and O–H groups in total. The van der Waals surface area contributed by atoms with Crippen LogP contribution in [0.2, 0.25) is 0 Å². The third-order valence-corrected chi connectivity index (χ3v) is 7.24. The van der Waals surface area contributed by atoms with Crippen LogP contribution < -0.4 is 9.46 Å². The molecule has 10 heteroatoms. The molecule has 1 aliphatic heterocycles. The maximum atomic E-state index is 13.5. The molecule has 0 unspecified atom stereocenters. The van der Waals surface area contributed by atoms with Gasteiger partial charge in [-0.05, 0) is 42.2 Å². The van der Waals surface area contributed by atoms with Gasteiger partial charge in [0.25, 0.3) is 0 Å². The van der Waals surface area contributed by atoms with Gasteiger partial charge in [0, 0.05) is 13.1 Å². The molecule has 0 radical (unpaired) electrons. The lowest BCUT2D eigenvalue weighted by atomic mass is 10.0. The van der Waals surface area contributed by atoms with Crippen molar-refractivity contribution in [1.82, 2.24) is 9.62 Å². The summed E-state index contributed by atoms with van der Waals surface area (Å²) in [7, 11) is -3.94. The van der Waals surface area contributed by atoms with Crippen LogP contribution in [0.5, 0.6) is 5.75 Å². The zero-order chi connectivity index (χ0) is 26.5. The van der Waals surface area contributed by atoms with Gasteiger partial charge in [-0.25, -0.2) is 8.42 Å². The van der Waals surface area contributed by atoms with Gasteiger partial charge in [0.15, 0.2) is 0 Å². The minimum absolute atomic E-state index is 0.0708. The molecule has 2 aromatic carbocycles. The third-order valence-electron chi connectivity index (χ3n) is 5.75. The van der Waals surface area contributed by atoms with Gasteiger partial charge in [-0.3, -0.25) is 4.79 Å². The molecule has 0 aromatic heterocycles. The Balaban J connectivity index is 1.66. The molecule has 0 saturated carbocycles. The summed E-state index contributed by atoms with van der Waals surface area (Å²) in [5.41, 5.74) is 1.02. The number of nitrogens with one attached hydrogen (secondary N) is 1. The van der Waals surface area contributed by atoms with Crippen LogP contribution in [-0.4, -0.2) is 78.0 Å². The van der Waals surface area contributed by atoms with Gasteiger partial charge in [-0.15, -0.1) is 0 Å². The topological polar surface area (TPSA) is 103 Å². The van der Waals surface area contributed by atoms with E-state index in [2.05, 4.69) is 4.72 Å². The number of hydrogen-bond acceptors (Lipinski definition) is 7. The van der Waals surface area contributed by atoms with Gasteiger partial charge in [0.1, 0.15) is 18.4 Å². The van der Waals surface area contributed by atoms with Crippen molar-refractivity contribution in [2.24, 2.45) is 5.92 Å². The van der Waals surface area contributed by atoms with Crippen LogP contribution in [0.3, 0.4) is 0 Å². The highest BCUT2D eigenvalue weighted by Gasteiger charge is 2.30. The van der Waals surface area contributed by atoms with Crippen molar-refractivity contribution in [3.63, 3.8) is 0 Å². The molecular formula is C27H38N2O7S. The minimum Gasteiger partial charge on any atom is -0.489 e. The van der Waals surface area contributed by atoms with Crippen LogP contribution in [0, 0.1) is 5.92 Å². The third kappa shape index (κ3) is 10.1. The van der Waals surface area contributed by atoms with E-state index in [4.69, 9.17) is 18.9 Å². The first-order chi connectivity index (χ1) is 17.8. The van der Waals surface area contributed by atoms with E-state index in [0.717, 1.165) is 5.56 Å². The molecule has 9 nitrogen and oxygen atoms in total. The highest BCUT2D eigenvalue weighted by Crippen LogP contribution is 2.19. The number of ether oxygens (including phenoxy) is 4. The Hall–Kier alpha value is -2.50. The van der Waals surface area contributed by atoms with E-state index in [0.29, 0.717) is 71.5 Å². The largest absolute Gasteiger partial charge is 0.489 e. The Morgan fingerprint density at radius 3 is 2.03 bits per heavy atom. The van der Waals surface area contributed by atoms with Gasteiger partial charge < -0.3 is 23.8 Å². The van der Waals surface area contributed by atoms with E-state index < -0.39 is 16.1 Å². The van der Waals surface area contributed by atoms with Crippen LogP contribution >= 0.6 is 0 Å². The van der Waals surface area contributed by atoms with Gasteiger partial charge in [0.2, 0.25) is 15.9 Å². The summed E-state index contributed by atoms with van der Waals surface area (Å²) in [5, 5.41) is 0. The lowest BCUT2D eigenvalue weighted by Crippen LogP contribution is -2.50. The van der Waals surface area contributed by atoms with Crippen molar-refractivity contribution in [3.05, 3.63) is 60.2 Å². The number of carbonyl (C=O) groups excluding carboxylic acids is 1. The summed E-state index contributed by atoms with van der Waals surface area (Å²) in [6.45, 7) is 7.41. The van der Waals surface area contributed by atoms with E-state index in [9.17, 15) is 13.2 Å².